The maximum absolute atomic E-state index is 12.6. The van der Waals surface area contributed by atoms with Crippen LogP contribution in [0, 0.1) is 19.8 Å². The zero-order chi connectivity index (χ0) is 14.9. The van der Waals surface area contributed by atoms with Gasteiger partial charge in [-0.15, -0.1) is 11.6 Å². The largest absolute Gasteiger partial charge is 0.393 e. The predicted octanol–water partition coefficient (Wildman–Crippen LogP) is 1.58. The second-order valence-electron chi connectivity index (χ2n) is 5.50. The maximum Gasteiger partial charge on any atom is 0.257 e. The van der Waals surface area contributed by atoms with Gasteiger partial charge < -0.3 is 10.0 Å². The van der Waals surface area contributed by atoms with Gasteiger partial charge >= 0.3 is 0 Å². The molecular formula is C14H22ClN3O2. The molecule has 2 unspecified atom stereocenters. The lowest BCUT2D eigenvalue weighted by atomic mass is 10.0. The van der Waals surface area contributed by atoms with E-state index < -0.39 is 0 Å². The van der Waals surface area contributed by atoms with Crippen LogP contribution in [0.5, 0.6) is 0 Å². The number of hydrogen-bond acceptors (Lipinski definition) is 3. The molecule has 1 fully saturated rings. The van der Waals surface area contributed by atoms with Crippen molar-refractivity contribution in [2.75, 3.05) is 19.0 Å². The first-order valence-electron chi connectivity index (χ1n) is 7.03. The number of halogens is 1. The summed E-state index contributed by atoms with van der Waals surface area (Å²) in [5.74, 6) is 0.671. The number of carbonyl (C=O) groups excluding carboxylic acids is 1. The van der Waals surface area contributed by atoms with Crippen molar-refractivity contribution in [3.8, 4) is 0 Å². The van der Waals surface area contributed by atoms with Gasteiger partial charge in [0, 0.05) is 30.6 Å². The maximum atomic E-state index is 12.6. The quantitative estimate of drug-likeness (QED) is 0.859. The Kier molecular flexibility index (Phi) is 4.70. The second kappa shape index (κ2) is 6.14. The normalized spacial score (nSPS) is 20.4. The highest BCUT2D eigenvalue weighted by atomic mass is 35.5. The van der Waals surface area contributed by atoms with Crippen LogP contribution >= 0.6 is 11.6 Å². The average molecular weight is 300 g/mol. The molecule has 1 amide bonds. The van der Waals surface area contributed by atoms with Crippen LogP contribution in [-0.4, -0.2) is 50.8 Å². The molecule has 1 aliphatic rings. The molecule has 2 atom stereocenters. The van der Waals surface area contributed by atoms with Crippen molar-refractivity contribution in [1.29, 1.82) is 0 Å². The van der Waals surface area contributed by atoms with Gasteiger partial charge in [-0.1, -0.05) is 0 Å². The SMILES string of the molecule is Cc1nn(CCCl)c(C)c1C(=O)N1CCC(C(C)O)C1. The summed E-state index contributed by atoms with van der Waals surface area (Å²) >= 11 is 5.75. The van der Waals surface area contributed by atoms with Crippen LogP contribution in [0.3, 0.4) is 0 Å². The number of likely N-dealkylation sites (tertiary alicyclic amines) is 1. The second-order valence-corrected chi connectivity index (χ2v) is 5.88. The van der Waals surface area contributed by atoms with Gasteiger partial charge in [-0.3, -0.25) is 9.48 Å². The summed E-state index contributed by atoms with van der Waals surface area (Å²) < 4.78 is 1.79. The van der Waals surface area contributed by atoms with E-state index in [-0.39, 0.29) is 17.9 Å². The highest BCUT2D eigenvalue weighted by molar-refractivity contribution is 6.17. The average Bonchev–Trinajstić information content (AvgIpc) is 2.96. The Bertz CT molecular complexity index is 499. The summed E-state index contributed by atoms with van der Waals surface area (Å²) in [5.41, 5.74) is 2.30. The Labute approximate surface area is 124 Å². The third kappa shape index (κ3) is 2.83. The van der Waals surface area contributed by atoms with Gasteiger partial charge in [-0.25, -0.2) is 0 Å². The van der Waals surface area contributed by atoms with Crippen LogP contribution in [0.15, 0.2) is 0 Å². The molecule has 1 saturated heterocycles. The van der Waals surface area contributed by atoms with Gasteiger partial charge in [-0.05, 0) is 27.2 Å². The first kappa shape index (κ1) is 15.3. The van der Waals surface area contributed by atoms with Crippen LogP contribution in [0.2, 0.25) is 0 Å². The number of alkyl halides is 1. The Morgan fingerprint density at radius 2 is 2.25 bits per heavy atom. The molecule has 20 heavy (non-hydrogen) atoms. The molecule has 1 N–H and O–H groups in total. The molecule has 0 aromatic carbocycles. The first-order chi connectivity index (χ1) is 9.45. The van der Waals surface area contributed by atoms with Crippen molar-refractivity contribution in [1.82, 2.24) is 14.7 Å². The fourth-order valence-corrected chi connectivity index (χ4v) is 2.99. The van der Waals surface area contributed by atoms with E-state index in [4.69, 9.17) is 11.6 Å². The molecule has 0 aliphatic carbocycles. The van der Waals surface area contributed by atoms with Crippen molar-refractivity contribution in [3.63, 3.8) is 0 Å². The van der Waals surface area contributed by atoms with E-state index in [1.54, 1.807) is 11.6 Å². The minimum Gasteiger partial charge on any atom is -0.393 e. The Morgan fingerprint density at radius 1 is 1.55 bits per heavy atom. The molecule has 6 heteroatoms. The summed E-state index contributed by atoms with van der Waals surface area (Å²) in [7, 11) is 0. The van der Waals surface area contributed by atoms with Crippen molar-refractivity contribution >= 4 is 17.5 Å². The number of aromatic nitrogens is 2. The van der Waals surface area contributed by atoms with Crippen LogP contribution in [0.25, 0.3) is 0 Å². The number of aliphatic hydroxyl groups is 1. The lowest BCUT2D eigenvalue weighted by Gasteiger charge is -2.18. The van der Waals surface area contributed by atoms with Crippen LogP contribution in [-0.2, 0) is 6.54 Å². The predicted molar refractivity (Wildman–Crippen MR) is 78.1 cm³/mol. The van der Waals surface area contributed by atoms with Gasteiger partial charge in [0.1, 0.15) is 0 Å². The van der Waals surface area contributed by atoms with E-state index in [2.05, 4.69) is 5.10 Å². The number of carbonyl (C=O) groups is 1. The van der Waals surface area contributed by atoms with E-state index in [1.807, 2.05) is 18.7 Å². The van der Waals surface area contributed by atoms with Crippen molar-refractivity contribution < 1.29 is 9.90 Å². The van der Waals surface area contributed by atoms with E-state index in [9.17, 15) is 9.90 Å². The minimum atomic E-state index is -0.367. The van der Waals surface area contributed by atoms with Crippen molar-refractivity contribution in [2.24, 2.45) is 5.92 Å². The van der Waals surface area contributed by atoms with Gasteiger partial charge in [0.05, 0.1) is 23.9 Å². The minimum absolute atomic E-state index is 0.0176. The van der Waals surface area contributed by atoms with Crippen LogP contribution in [0.1, 0.15) is 35.1 Å². The Balaban J connectivity index is 2.18. The number of amides is 1. The summed E-state index contributed by atoms with van der Waals surface area (Å²) in [6.07, 6.45) is 0.492. The van der Waals surface area contributed by atoms with E-state index in [1.165, 1.54) is 0 Å². The third-order valence-electron chi connectivity index (χ3n) is 4.09. The molecule has 0 radical (unpaired) electrons. The van der Waals surface area contributed by atoms with Crippen LogP contribution < -0.4 is 0 Å². The summed E-state index contributed by atoms with van der Waals surface area (Å²) in [5, 5.41) is 14.0. The fraction of sp³-hybridized carbons (Fsp3) is 0.714. The first-order valence-corrected chi connectivity index (χ1v) is 7.56. The molecule has 5 nitrogen and oxygen atoms in total. The smallest absolute Gasteiger partial charge is 0.257 e. The van der Waals surface area contributed by atoms with Gasteiger partial charge in [-0.2, -0.15) is 5.10 Å². The number of hydrogen-bond donors (Lipinski definition) is 1. The summed E-state index contributed by atoms with van der Waals surface area (Å²) in [4.78, 5) is 14.5. The standard InChI is InChI=1S/C14H22ClN3O2/c1-9-13(10(2)18(16-9)7-5-15)14(20)17-6-4-12(8-17)11(3)19/h11-12,19H,4-8H2,1-3H3. The molecule has 0 saturated carbocycles. The third-order valence-corrected chi connectivity index (χ3v) is 4.25. The highest BCUT2D eigenvalue weighted by Crippen LogP contribution is 2.24. The molecule has 2 rings (SSSR count). The topological polar surface area (TPSA) is 58.4 Å². The monoisotopic (exact) mass is 299 g/mol. The number of nitrogens with zero attached hydrogens (tertiary/aromatic N) is 3. The summed E-state index contributed by atoms with van der Waals surface area (Å²) in [6.45, 7) is 7.48. The van der Waals surface area contributed by atoms with Crippen molar-refractivity contribution in [2.45, 2.75) is 39.8 Å². The van der Waals surface area contributed by atoms with E-state index in [0.717, 1.165) is 17.8 Å². The molecule has 1 aromatic rings. The number of rotatable bonds is 4. The summed E-state index contributed by atoms with van der Waals surface area (Å²) in [6, 6.07) is 0. The Hall–Kier alpha value is -1.07. The molecule has 1 aliphatic heterocycles. The highest BCUT2D eigenvalue weighted by Gasteiger charge is 2.31. The molecule has 1 aromatic heterocycles. The lowest BCUT2D eigenvalue weighted by molar-refractivity contribution is 0.0761. The molecule has 0 bridgehead atoms. The number of aliphatic hydroxyl groups excluding tert-OH is 1. The van der Waals surface area contributed by atoms with Gasteiger partial charge in [0.25, 0.3) is 5.91 Å². The molecule has 0 spiro atoms. The van der Waals surface area contributed by atoms with Gasteiger partial charge in [0.15, 0.2) is 0 Å². The van der Waals surface area contributed by atoms with E-state index in [0.29, 0.717) is 31.1 Å². The zero-order valence-electron chi connectivity index (χ0n) is 12.3. The molecule has 2 heterocycles. The number of aryl methyl sites for hydroxylation is 2. The lowest BCUT2D eigenvalue weighted by Crippen LogP contribution is -2.31. The van der Waals surface area contributed by atoms with Crippen molar-refractivity contribution in [3.05, 3.63) is 17.0 Å². The zero-order valence-corrected chi connectivity index (χ0v) is 13.0. The van der Waals surface area contributed by atoms with Gasteiger partial charge in [0.2, 0.25) is 0 Å². The fourth-order valence-electron chi connectivity index (χ4n) is 2.83. The molecular weight excluding hydrogens is 278 g/mol. The van der Waals surface area contributed by atoms with E-state index >= 15 is 0 Å². The molecule has 112 valence electrons. The Morgan fingerprint density at radius 3 is 2.80 bits per heavy atom. The van der Waals surface area contributed by atoms with Crippen LogP contribution in [0.4, 0.5) is 0 Å².